The molecule has 0 saturated carbocycles. The molecule has 2 aromatic rings. The van der Waals surface area contributed by atoms with Crippen molar-refractivity contribution in [3.63, 3.8) is 0 Å². The normalized spacial score (nSPS) is 18.4. The van der Waals surface area contributed by atoms with Crippen LogP contribution in [0.5, 0.6) is 34.5 Å². The summed E-state index contributed by atoms with van der Waals surface area (Å²) in [7, 11) is 2.88. The van der Waals surface area contributed by atoms with E-state index >= 15 is 0 Å². The lowest BCUT2D eigenvalue weighted by Crippen LogP contribution is -2.26. The third-order valence-corrected chi connectivity index (χ3v) is 5.92. The molecule has 0 bridgehead atoms. The van der Waals surface area contributed by atoms with E-state index in [2.05, 4.69) is 0 Å². The molecule has 10 heteroatoms. The number of ether oxygens (including phenoxy) is 7. The monoisotopic (exact) mass is 470 g/mol. The van der Waals surface area contributed by atoms with Gasteiger partial charge in [0.25, 0.3) is 0 Å². The van der Waals surface area contributed by atoms with E-state index in [1.807, 2.05) is 0 Å². The number of hydrogen-bond donors (Lipinski definition) is 1. The van der Waals surface area contributed by atoms with Crippen molar-refractivity contribution in [3.05, 3.63) is 46.7 Å². The number of carbonyl (C=O) groups excluding carboxylic acids is 1. The van der Waals surface area contributed by atoms with E-state index in [9.17, 15) is 14.7 Å². The van der Waals surface area contributed by atoms with Crippen molar-refractivity contribution < 1.29 is 47.9 Å². The predicted octanol–water partition coefficient (Wildman–Crippen LogP) is 3.01. The average molecular weight is 470 g/mol. The number of benzene rings is 2. The van der Waals surface area contributed by atoms with Crippen molar-refractivity contribution >= 4 is 11.9 Å². The number of aliphatic carboxylic acids is 1. The summed E-state index contributed by atoms with van der Waals surface area (Å²) in [5, 5.41) is 9.44. The highest BCUT2D eigenvalue weighted by atomic mass is 16.7. The van der Waals surface area contributed by atoms with Crippen molar-refractivity contribution in [2.45, 2.75) is 25.4 Å². The van der Waals surface area contributed by atoms with E-state index in [0.29, 0.717) is 39.7 Å². The van der Waals surface area contributed by atoms with Gasteiger partial charge in [0.1, 0.15) is 12.4 Å². The van der Waals surface area contributed by atoms with Crippen LogP contribution in [0.4, 0.5) is 0 Å². The third kappa shape index (κ3) is 3.42. The minimum Gasteiger partial charge on any atom is -0.493 e. The molecule has 1 N–H and O–H groups in total. The van der Waals surface area contributed by atoms with E-state index in [4.69, 9.17) is 33.2 Å². The van der Waals surface area contributed by atoms with Gasteiger partial charge in [0.2, 0.25) is 12.5 Å². The van der Waals surface area contributed by atoms with Gasteiger partial charge in [-0.25, -0.2) is 9.59 Å². The lowest BCUT2D eigenvalue weighted by Gasteiger charge is -2.27. The Labute approximate surface area is 194 Å². The second-order valence-electron chi connectivity index (χ2n) is 7.80. The zero-order chi connectivity index (χ0) is 24.0. The SMILES string of the molecule is CCC(Oc1c(OC)cc(C2C3=C(COC3=O)Oc3cc4c(cc32)OCO4)cc1OC)C(=O)O. The Bertz CT molecular complexity index is 1190. The Kier molecular flexibility index (Phi) is 5.35. The van der Waals surface area contributed by atoms with Gasteiger partial charge in [0, 0.05) is 17.5 Å². The molecular formula is C24H22O10. The highest BCUT2D eigenvalue weighted by Crippen LogP contribution is 2.52. The number of cyclic esters (lactones) is 1. The Morgan fingerprint density at radius 3 is 2.35 bits per heavy atom. The van der Waals surface area contributed by atoms with E-state index in [0.717, 1.165) is 0 Å². The highest BCUT2D eigenvalue weighted by Gasteiger charge is 2.42. The molecular weight excluding hydrogens is 448 g/mol. The van der Waals surface area contributed by atoms with Crippen LogP contribution in [0.2, 0.25) is 0 Å². The predicted molar refractivity (Wildman–Crippen MR) is 115 cm³/mol. The van der Waals surface area contributed by atoms with Crippen LogP contribution < -0.4 is 28.4 Å². The lowest BCUT2D eigenvalue weighted by atomic mass is 9.82. The van der Waals surface area contributed by atoms with Crippen LogP contribution in [0.1, 0.15) is 30.4 Å². The first-order valence-corrected chi connectivity index (χ1v) is 10.6. The molecule has 5 rings (SSSR count). The number of carboxylic acid groups (broad SMARTS) is 1. The number of methoxy groups -OCH3 is 2. The summed E-state index contributed by atoms with van der Waals surface area (Å²) >= 11 is 0. The molecule has 178 valence electrons. The molecule has 0 fully saturated rings. The van der Waals surface area contributed by atoms with Gasteiger partial charge in [-0.2, -0.15) is 0 Å². The fourth-order valence-corrected chi connectivity index (χ4v) is 4.28. The molecule has 0 radical (unpaired) electrons. The van der Waals surface area contributed by atoms with Gasteiger partial charge in [0.15, 0.2) is 34.9 Å². The summed E-state index contributed by atoms with van der Waals surface area (Å²) in [5.74, 6) is 0.516. The Morgan fingerprint density at radius 1 is 1.06 bits per heavy atom. The summed E-state index contributed by atoms with van der Waals surface area (Å²) in [6.07, 6.45) is -0.845. The van der Waals surface area contributed by atoms with E-state index < -0.39 is 24.0 Å². The maximum Gasteiger partial charge on any atom is 0.344 e. The summed E-state index contributed by atoms with van der Waals surface area (Å²) in [4.78, 5) is 24.2. The minimum atomic E-state index is -1.10. The number of fused-ring (bicyclic) bond motifs is 2. The molecule has 0 saturated heterocycles. The van der Waals surface area contributed by atoms with Crippen LogP contribution >= 0.6 is 0 Å². The summed E-state index contributed by atoms with van der Waals surface area (Å²) in [5.41, 5.74) is 1.68. The fourth-order valence-electron chi connectivity index (χ4n) is 4.28. The third-order valence-electron chi connectivity index (χ3n) is 5.92. The number of rotatable bonds is 7. The zero-order valence-electron chi connectivity index (χ0n) is 18.7. The van der Waals surface area contributed by atoms with Crippen molar-refractivity contribution in [1.82, 2.24) is 0 Å². The molecule has 10 nitrogen and oxygen atoms in total. The van der Waals surface area contributed by atoms with Crippen LogP contribution in [0.15, 0.2) is 35.6 Å². The Hall–Kier alpha value is -4.08. The standard InChI is InChI=1S/C24H22O10/c1-4-13(23(25)26)34-22-17(28-2)5-11(6-18(22)29-3)20-12-7-15-16(32-10-31-15)8-14(12)33-19-9-30-24(27)21(19)20/h5-8,13,20H,4,9-10H2,1-3H3,(H,25,26). The van der Waals surface area contributed by atoms with Crippen LogP contribution in [-0.4, -0.2) is 50.8 Å². The molecule has 0 aromatic heterocycles. The maximum atomic E-state index is 12.7. The molecule has 3 aliphatic rings. The molecule has 2 unspecified atom stereocenters. The number of esters is 1. The van der Waals surface area contributed by atoms with Gasteiger partial charge < -0.3 is 38.3 Å². The summed E-state index contributed by atoms with van der Waals surface area (Å²) < 4.78 is 39.1. The Morgan fingerprint density at radius 2 is 1.74 bits per heavy atom. The largest absolute Gasteiger partial charge is 0.493 e. The van der Waals surface area contributed by atoms with Crippen LogP contribution in [0, 0.1) is 0 Å². The van der Waals surface area contributed by atoms with Crippen molar-refractivity contribution in [2.24, 2.45) is 0 Å². The molecule has 3 heterocycles. The van der Waals surface area contributed by atoms with Gasteiger partial charge in [0.05, 0.1) is 19.8 Å². The van der Waals surface area contributed by atoms with Gasteiger partial charge in [-0.05, 0) is 30.2 Å². The van der Waals surface area contributed by atoms with Crippen LogP contribution in [-0.2, 0) is 14.3 Å². The fraction of sp³-hybridized carbons (Fsp3) is 0.333. The van der Waals surface area contributed by atoms with Crippen molar-refractivity contribution in [2.75, 3.05) is 27.6 Å². The van der Waals surface area contributed by atoms with Gasteiger partial charge in [-0.3, -0.25) is 0 Å². The molecule has 3 aliphatic heterocycles. The lowest BCUT2D eigenvalue weighted by molar-refractivity contribution is -0.145. The average Bonchev–Trinajstić information content (AvgIpc) is 3.44. The number of hydrogen-bond acceptors (Lipinski definition) is 9. The van der Waals surface area contributed by atoms with Crippen molar-refractivity contribution in [3.8, 4) is 34.5 Å². The smallest absolute Gasteiger partial charge is 0.344 e. The first-order chi connectivity index (χ1) is 16.4. The van der Waals surface area contributed by atoms with E-state index in [-0.39, 0.29) is 37.1 Å². The second kappa shape index (κ2) is 8.36. The van der Waals surface area contributed by atoms with Crippen LogP contribution in [0.25, 0.3) is 0 Å². The topological polar surface area (TPSA) is 119 Å². The van der Waals surface area contributed by atoms with E-state index in [1.54, 1.807) is 31.2 Å². The first-order valence-electron chi connectivity index (χ1n) is 10.6. The summed E-state index contributed by atoms with van der Waals surface area (Å²) in [6, 6.07) is 6.88. The molecule has 0 amide bonds. The van der Waals surface area contributed by atoms with Crippen LogP contribution in [0.3, 0.4) is 0 Å². The molecule has 2 atom stereocenters. The maximum absolute atomic E-state index is 12.7. The second-order valence-corrected chi connectivity index (χ2v) is 7.80. The minimum absolute atomic E-state index is 0.0187. The quantitative estimate of drug-likeness (QED) is 0.605. The number of carbonyl (C=O) groups is 2. The first kappa shape index (κ1) is 21.7. The van der Waals surface area contributed by atoms with E-state index in [1.165, 1.54) is 14.2 Å². The van der Waals surface area contributed by atoms with Gasteiger partial charge in [-0.15, -0.1) is 0 Å². The van der Waals surface area contributed by atoms with Gasteiger partial charge in [-0.1, -0.05) is 6.92 Å². The molecule has 2 aromatic carbocycles. The molecule has 34 heavy (non-hydrogen) atoms. The zero-order valence-corrected chi connectivity index (χ0v) is 18.7. The summed E-state index contributed by atoms with van der Waals surface area (Å²) in [6.45, 7) is 1.81. The molecule has 0 spiro atoms. The Balaban J connectivity index is 1.66. The number of carboxylic acids is 1. The highest BCUT2D eigenvalue weighted by molar-refractivity contribution is 5.95. The van der Waals surface area contributed by atoms with Crippen molar-refractivity contribution in [1.29, 1.82) is 0 Å². The van der Waals surface area contributed by atoms with Gasteiger partial charge >= 0.3 is 11.9 Å². The molecule has 0 aliphatic carbocycles.